The third kappa shape index (κ3) is 3.66. The highest BCUT2D eigenvalue weighted by Gasteiger charge is 2.13. The van der Waals surface area contributed by atoms with Crippen LogP contribution in [0.5, 0.6) is 5.75 Å². The first kappa shape index (κ1) is 17.6. The van der Waals surface area contributed by atoms with Crippen molar-refractivity contribution in [1.82, 2.24) is 4.98 Å². The lowest BCUT2D eigenvalue weighted by Gasteiger charge is -2.12. The van der Waals surface area contributed by atoms with Crippen LogP contribution in [0, 0.1) is 6.92 Å². The largest absolute Gasteiger partial charge is 0.495 e. The van der Waals surface area contributed by atoms with Gasteiger partial charge in [0.1, 0.15) is 11.3 Å². The minimum atomic E-state index is -0.364. The van der Waals surface area contributed by atoms with Crippen molar-refractivity contribution in [3.63, 3.8) is 0 Å². The van der Waals surface area contributed by atoms with Crippen LogP contribution < -0.4 is 15.4 Å². The van der Waals surface area contributed by atoms with Crippen LogP contribution in [0.3, 0.4) is 0 Å². The van der Waals surface area contributed by atoms with Gasteiger partial charge < -0.3 is 19.8 Å². The molecule has 2 N–H and O–H groups in total. The highest BCUT2D eigenvalue weighted by molar-refractivity contribution is 6.01. The zero-order chi connectivity index (χ0) is 19.5. The van der Waals surface area contributed by atoms with E-state index >= 15 is 0 Å². The molecular formula is C22H19N3O3. The summed E-state index contributed by atoms with van der Waals surface area (Å²) in [5, 5.41) is 5.63. The van der Waals surface area contributed by atoms with Crippen LogP contribution in [0.4, 0.5) is 16.2 Å². The summed E-state index contributed by atoms with van der Waals surface area (Å²) in [6, 6.07) is 20.1. The molecule has 0 radical (unpaired) electrons. The molecule has 0 aliphatic heterocycles. The summed E-state index contributed by atoms with van der Waals surface area (Å²) in [6.45, 7) is 1.99. The van der Waals surface area contributed by atoms with Gasteiger partial charge in [0.15, 0.2) is 5.58 Å². The Kier molecular flexibility index (Phi) is 4.68. The van der Waals surface area contributed by atoms with E-state index in [4.69, 9.17) is 9.15 Å². The number of nitrogens with one attached hydrogen (secondary N) is 2. The van der Waals surface area contributed by atoms with Crippen LogP contribution in [-0.4, -0.2) is 18.1 Å². The van der Waals surface area contributed by atoms with Crippen LogP contribution in [0.15, 0.2) is 71.1 Å². The van der Waals surface area contributed by atoms with E-state index < -0.39 is 0 Å². The van der Waals surface area contributed by atoms with E-state index in [1.165, 1.54) is 0 Å². The minimum absolute atomic E-state index is 0.364. The summed E-state index contributed by atoms with van der Waals surface area (Å²) >= 11 is 0. The summed E-state index contributed by atoms with van der Waals surface area (Å²) in [5.41, 5.74) is 4.57. The number of aryl methyl sites for hydroxylation is 1. The molecule has 6 nitrogen and oxygen atoms in total. The standard InChI is InChI=1S/C22H19N3O3/c1-14-7-10-16(11-8-14)23-22(26)25-18-13-15(9-12-19(18)27-2)21-24-17-5-3-4-6-20(17)28-21/h3-13H,1-2H3,(H2,23,25,26). The molecule has 0 saturated carbocycles. The number of oxazole rings is 1. The van der Waals surface area contributed by atoms with Crippen molar-refractivity contribution >= 4 is 28.5 Å². The maximum absolute atomic E-state index is 12.4. The summed E-state index contributed by atoms with van der Waals surface area (Å²) in [5.74, 6) is 1.02. The summed E-state index contributed by atoms with van der Waals surface area (Å²) in [4.78, 5) is 16.9. The Bertz CT molecular complexity index is 1100. The number of hydrogen-bond acceptors (Lipinski definition) is 4. The lowest BCUT2D eigenvalue weighted by Crippen LogP contribution is -2.19. The van der Waals surface area contributed by atoms with Gasteiger partial charge in [0.2, 0.25) is 5.89 Å². The Morgan fingerprint density at radius 1 is 1.00 bits per heavy atom. The number of anilines is 2. The molecule has 4 aromatic rings. The van der Waals surface area contributed by atoms with Gasteiger partial charge in [-0.05, 0) is 49.4 Å². The highest BCUT2D eigenvalue weighted by atomic mass is 16.5. The zero-order valence-corrected chi connectivity index (χ0v) is 15.5. The van der Waals surface area contributed by atoms with E-state index in [0.717, 1.165) is 16.6 Å². The molecule has 0 spiro atoms. The van der Waals surface area contributed by atoms with Gasteiger partial charge in [-0.2, -0.15) is 0 Å². The number of hydrogen-bond donors (Lipinski definition) is 2. The van der Waals surface area contributed by atoms with Crippen LogP contribution in [-0.2, 0) is 0 Å². The number of carbonyl (C=O) groups is 1. The van der Waals surface area contributed by atoms with Gasteiger partial charge in [0, 0.05) is 11.3 Å². The molecule has 0 fully saturated rings. The van der Waals surface area contributed by atoms with E-state index in [9.17, 15) is 4.79 Å². The molecule has 0 aliphatic carbocycles. The predicted molar refractivity (Wildman–Crippen MR) is 110 cm³/mol. The van der Waals surface area contributed by atoms with Crippen molar-refractivity contribution in [1.29, 1.82) is 0 Å². The first-order valence-electron chi connectivity index (χ1n) is 8.81. The van der Waals surface area contributed by atoms with Crippen molar-refractivity contribution in [2.24, 2.45) is 0 Å². The molecule has 0 bridgehead atoms. The number of carbonyl (C=O) groups excluding carboxylic acids is 1. The maximum atomic E-state index is 12.4. The van der Waals surface area contributed by atoms with Gasteiger partial charge in [-0.3, -0.25) is 0 Å². The van der Waals surface area contributed by atoms with Crippen LogP contribution in [0.1, 0.15) is 5.56 Å². The molecule has 140 valence electrons. The van der Waals surface area contributed by atoms with E-state index in [2.05, 4.69) is 15.6 Å². The van der Waals surface area contributed by atoms with Gasteiger partial charge in [-0.1, -0.05) is 29.8 Å². The van der Waals surface area contributed by atoms with E-state index in [1.807, 2.05) is 61.5 Å². The van der Waals surface area contributed by atoms with Gasteiger partial charge in [0.25, 0.3) is 0 Å². The van der Waals surface area contributed by atoms with E-state index in [-0.39, 0.29) is 6.03 Å². The lowest BCUT2D eigenvalue weighted by molar-refractivity contribution is 0.262. The topological polar surface area (TPSA) is 76.4 Å². The first-order valence-corrected chi connectivity index (χ1v) is 8.81. The average Bonchev–Trinajstić information content (AvgIpc) is 3.14. The third-order valence-corrected chi connectivity index (χ3v) is 4.30. The number of ether oxygens (including phenoxy) is 1. The number of urea groups is 1. The Morgan fingerprint density at radius 2 is 1.79 bits per heavy atom. The normalized spacial score (nSPS) is 10.6. The third-order valence-electron chi connectivity index (χ3n) is 4.30. The molecular weight excluding hydrogens is 354 g/mol. The number of methoxy groups -OCH3 is 1. The molecule has 6 heteroatoms. The maximum Gasteiger partial charge on any atom is 0.323 e. The number of para-hydroxylation sites is 2. The van der Waals surface area contributed by atoms with Crippen molar-refractivity contribution in [2.75, 3.05) is 17.7 Å². The zero-order valence-electron chi connectivity index (χ0n) is 15.5. The molecule has 28 heavy (non-hydrogen) atoms. The van der Waals surface area contributed by atoms with Gasteiger partial charge in [-0.25, -0.2) is 9.78 Å². The second kappa shape index (κ2) is 7.44. The second-order valence-electron chi connectivity index (χ2n) is 6.35. The fourth-order valence-corrected chi connectivity index (χ4v) is 2.86. The Morgan fingerprint density at radius 3 is 2.54 bits per heavy atom. The summed E-state index contributed by atoms with van der Waals surface area (Å²) in [7, 11) is 1.55. The molecule has 1 aromatic heterocycles. The summed E-state index contributed by atoms with van der Waals surface area (Å²) < 4.78 is 11.2. The number of fused-ring (bicyclic) bond motifs is 1. The molecule has 0 aliphatic rings. The quantitative estimate of drug-likeness (QED) is 0.498. The predicted octanol–water partition coefficient (Wildman–Crippen LogP) is 5.46. The van der Waals surface area contributed by atoms with E-state index in [1.54, 1.807) is 19.2 Å². The molecule has 0 atom stereocenters. The molecule has 1 heterocycles. The fourth-order valence-electron chi connectivity index (χ4n) is 2.86. The fraction of sp³-hybridized carbons (Fsp3) is 0.0909. The van der Waals surface area contributed by atoms with Gasteiger partial charge >= 0.3 is 6.03 Å². The molecule has 4 rings (SSSR count). The number of nitrogens with zero attached hydrogens (tertiary/aromatic N) is 1. The minimum Gasteiger partial charge on any atom is -0.495 e. The van der Waals surface area contributed by atoms with Gasteiger partial charge in [-0.15, -0.1) is 0 Å². The van der Waals surface area contributed by atoms with E-state index in [0.29, 0.717) is 28.6 Å². The smallest absolute Gasteiger partial charge is 0.323 e. The SMILES string of the molecule is COc1ccc(-c2nc3ccccc3o2)cc1NC(=O)Nc1ccc(C)cc1. The van der Waals surface area contributed by atoms with Crippen molar-refractivity contribution in [3.8, 4) is 17.2 Å². The van der Waals surface area contributed by atoms with Crippen molar-refractivity contribution in [3.05, 3.63) is 72.3 Å². The Balaban J connectivity index is 1.59. The lowest BCUT2D eigenvalue weighted by atomic mass is 10.2. The Labute approximate surface area is 162 Å². The molecule has 3 aromatic carbocycles. The molecule has 0 saturated heterocycles. The molecule has 2 amide bonds. The monoisotopic (exact) mass is 373 g/mol. The average molecular weight is 373 g/mol. The number of amides is 2. The van der Waals surface area contributed by atoms with Crippen molar-refractivity contribution < 1.29 is 13.9 Å². The van der Waals surface area contributed by atoms with Gasteiger partial charge in [0.05, 0.1) is 12.8 Å². The van der Waals surface area contributed by atoms with Crippen LogP contribution >= 0.6 is 0 Å². The number of benzene rings is 3. The summed E-state index contributed by atoms with van der Waals surface area (Å²) in [6.07, 6.45) is 0. The molecule has 0 unspecified atom stereocenters. The van der Waals surface area contributed by atoms with Crippen LogP contribution in [0.25, 0.3) is 22.6 Å². The Hall–Kier alpha value is -3.80. The van der Waals surface area contributed by atoms with Crippen molar-refractivity contribution in [2.45, 2.75) is 6.92 Å². The number of rotatable bonds is 4. The second-order valence-corrected chi connectivity index (χ2v) is 6.35. The highest BCUT2D eigenvalue weighted by Crippen LogP contribution is 2.32. The number of aromatic nitrogens is 1. The first-order chi connectivity index (χ1) is 13.6. The van der Waals surface area contributed by atoms with Crippen LogP contribution in [0.2, 0.25) is 0 Å².